The number of imide groups is 1. The molecular weight excluding hydrogens is 458 g/mol. The minimum Gasteiger partial charge on any atom is -0.493 e. The van der Waals surface area contributed by atoms with Gasteiger partial charge in [-0.1, -0.05) is 43.0 Å². The normalized spacial score (nSPS) is 20.8. The van der Waals surface area contributed by atoms with Crippen LogP contribution in [0.15, 0.2) is 55.1 Å². The lowest BCUT2D eigenvalue weighted by Gasteiger charge is -2.39. The van der Waals surface area contributed by atoms with Gasteiger partial charge in [0.25, 0.3) is 5.91 Å². The molecule has 2 heterocycles. The van der Waals surface area contributed by atoms with Gasteiger partial charge in [0.2, 0.25) is 0 Å². The summed E-state index contributed by atoms with van der Waals surface area (Å²) in [6.07, 6.45) is 3.37. The molecule has 0 aromatic heterocycles. The van der Waals surface area contributed by atoms with Gasteiger partial charge in [-0.15, -0.1) is 0 Å². The van der Waals surface area contributed by atoms with Crippen LogP contribution in [0.4, 0.5) is 4.79 Å². The molecule has 8 nitrogen and oxygen atoms in total. The second kappa shape index (κ2) is 11.0. The Morgan fingerprint density at radius 3 is 2.39 bits per heavy atom. The highest BCUT2D eigenvalue weighted by Crippen LogP contribution is 2.37. The van der Waals surface area contributed by atoms with E-state index in [-0.39, 0.29) is 24.4 Å². The number of amides is 3. The largest absolute Gasteiger partial charge is 0.493 e. The number of rotatable bonds is 10. The van der Waals surface area contributed by atoms with Gasteiger partial charge in [0.05, 0.1) is 20.8 Å². The number of nitrogens with one attached hydrogen (secondary N) is 1. The fourth-order valence-corrected chi connectivity index (χ4v) is 5.22. The molecular formula is C28H35N3O5. The summed E-state index contributed by atoms with van der Waals surface area (Å²) >= 11 is 0. The second-order valence-corrected chi connectivity index (χ2v) is 9.43. The molecule has 8 heteroatoms. The molecule has 0 spiro atoms. The standard InChI is InChI=1S/C28H35N3O5/c1-5-17-36-23-11-7-6-9-20(23)18-30-15-13-22(14-16-30)28(2)26(32)31(27(33)29-28)19-21-10-8-12-24(34-3)25(21)35-4/h5-12,22H,1,13-19H2,2-4H3,(H,29,33)/t28-/m0/s1. The van der Waals surface area contributed by atoms with Gasteiger partial charge in [-0.2, -0.15) is 0 Å². The highest BCUT2D eigenvalue weighted by Gasteiger charge is 2.52. The number of ether oxygens (including phenoxy) is 3. The fraction of sp³-hybridized carbons (Fsp3) is 0.429. The van der Waals surface area contributed by atoms with Crippen molar-refractivity contribution in [2.75, 3.05) is 33.9 Å². The molecule has 0 unspecified atom stereocenters. The Morgan fingerprint density at radius 2 is 1.69 bits per heavy atom. The van der Waals surface area contributed by atoms with E-state index in [9.17, 15) is 9.59 Å². The average molecular weight is 494 g/mol. The molecule has 3 amide bonds. The van der Waals surface area contributed by atoms with Crippen molar-refractivity contribution in [1.82, 2.24) is 15.1 Å². The molecule has 0 radical (unpaired) electrons. The topological polar surface area (TPSA) is 80.3 Å². The number of piperidine rings is 1. The van der Waals surface area contributed by atoms with Crippen LogP contribution in [0.25, 0.3) is 0 Å². The number of carbonyl (C=O) groups is 2. The van der Waals surface area contributed by atoms with Crippen molar-refractivity contribution in [2.24, 2.45) is 5.92 Å². The number of methoxy groups -OCH3 is 2. The van der Waals surface area contributed by atoms with Crippen molar-refractivity contribution >= 4 is 11.9 Å². The Hall–Kier alpha value is -3.52. The molecule has 36 heavy (non-hydrogen) atoms. The summed E-state index contributed by atoms with van der Waals surface area (Å²) in [5.41, 5.74) is 0.921. The van der Waals surface area contributed by atoms with Gasteiger partial charge in [-0.25, -0.2) is 4.79 Å². The summed E-state index contributed by atoms with van der Waals surface area (Å²) in [5, 5.41) is 3.00. The van der Waals surface area contributed by atoms with Gasteiger partial charge in [-0.05, 0) is 50.9 Å². The van der Waals surface area contributed by atoms with Crippen molar-refractivity contribution in [2.45, 2.75) is 38.4 Å². The van der Waals surface area contributed by atoms with E-state index < -0.39 is 5.54 Å². The molecule has 0 aliphatic carbocycles. The zero-order valence-corrected chi connectivity index (χ0v) is 21.3. The van der Waals surface area contributed by atoms with Gasteiger partial charge < -0.3 is 19.5 Å². The maximum atomic E-state index is 13.5. The Labute approximate surface area is 212 Å². The van der Waals surface area contributed by atoms with E-state index in [1.165, 1.54) is 4.90 Å². The van der Waals surface area contributed by atoms with Crippen molar-refractivity contribution in [3.63, 3.8) is 0 Å². The molecule has 2 fully saturated rings. The first-order valence-corrected chi connectivity index (χ1v) is 12.3. The molecule has 2 aromatic rings. The highest BCUT2D eigenvalue weighted by molar-refractivity contribution is 6.07. The number of hydrogen-bond donors (Lipinski definition) is 1. The highest BCUT2D eigenvalue weighted by atomic mass is 16.5. The summed E-state index contributed by atoms with van der Waals surface area (Å²) in [5.74, 6) is 1.82. The molecule has 1 atom stereocenters. The lowest BCUT2D eigenvalue weighted by Crippen LogP contribution is -2.53. The van der Waals surface area contributed by atoms with Crippen LogP contribution in [0.2, 0.25) is 0 Å². The lowest BCUT2D eigenvalue weighted by atomic mass is 9.78. The van der Waals surface area contributed by atoms with Crippen molar-refractivity contribution in [3.05, 3.63) is 66.2 Å². The van der Waals surface area contributed by atoms with Crippen LogP contribution in [-0.2, 0) is 17.9 Å². The third kappa shape index (κ3) is 5.04. The maximum Gasteiger partial charge on any atom is 0.325 e. The smallest absolute Gasteiger partial charge is 0.325 e. The molecule has 1 N–H and O–H groups in total. The Bertz CT molecular complexity index is 1110. The van der Waals surface area contributed by atoms with Crippen LogP contribution in [-0.4, -0.2) is 61.2 Å². The predicted molar refractivity (Wildman–Crippen MR) is 137 cm³/mol. The van der Waals surface area contributed by atoms with Gasteiger partial charge in [0.15, 0.2) is 11.5 Å². The number of nitrogens with zero attached hydrogens (tertiary/aromatic N) is 2. The fourth-order valence-electron chi connectivity index (χ4n) is 5.22. The van der Waals surface area contributed by atoms with Crippen LogP contribution >= 0.6 is 0 Å². The van der Waals surface area contributed by atoms with Gasteiger partial charge in [0, 0.05) is 17.7 Å². The maximum absolute atomic E-state index is 13.5. The average Bonchev–Trinajstić information content (AvgIpc) is 3.12. The first-order valence-electron chi connectivity index (χ1n) is 12.3. The summed E-state index contributed by atoms with van der Waals surface area (Å²) in [4.78, 5) is 30.1. The molecule has 2 saturated heterocycles. The monoisotopic (exact) mass is 493 g/mol. The van der Waals surface area contributed by atoms with Crippen LogP contribution in [0.3, 0.4) is 0 Å². The molecule has 4 rings (SSSR count). The Morgan fingerprint density at radius 1 is 1.00 bits per heavy atom. The van der Waals surface area contributed by atoms with Crippen LogP contribution in [0, 0.1) is 5.92 Å². The number of benzene rings is 2. The predicted octanol–water partition coefficient (Wildman–Crippen LogP) is 3.99. The number of urea groups is 1. The number of hydrogen-bond acceptors (Lipinski definition) is 6. The van der Waals surface area contributed by atoms with Gasteiger partial charge in [0.1, 0.15) is 17.9 Å². The zero-order chi connectivity index (χ0) is 25.7. The van der Waals surface area contributed by atoms with E-state index in [0.717, 1.165) is 49.4 Å². The minimum absolute atomic E-state index is 0.0506. The Kier molecular flexibility index (Phi) is 7.84. The second-order valence-electron chi connectivity index (χ2n) is 9.43. The first kappa shape index (κ1) is 25.6. The molecule has 192 valence electrons. The van der Waals surface area contributed by atoms with Crippen molar-refractivity contribution < 1.29 is 23.8 Å². The number of carbonyl (C=O) groups excluding carboxylic acids is 2. The zero-order valence-electron chi connectivity index (χ0n) is 21.3. The summed E-state index contributed by atoms with van der Waals surface area (Å²) < 4.78 is 16.7. The van der Waals surface area contributed by atoms with Crippen LogP contribution in [0.1, 0.15) is 30.9 Å². The van der Waals surface area contributed by atoms with Gasteiger partial charge >= 0.3 is 6.03 Å². The molecule has 0 saturated carbocycles. The third-order valence-corrected chi connectivity index (χ3v) is 7.24. The molecule has 0 bridgehead atoms. The summed E-state index contributed by atoms with van der Waals surface area (Å²) in [7, 11) is 3.11. The SMILES string of the molecule is C=CCOc1ccccc1CN1CCC([C@]2(C)NC(=O)N(Cc3cccc(OC)c3OC)C2=O)CC1. The van der Waals surface area contributed by atoms with Crippen LogP contribution in [0.5, 0.6) is 17.2 Å². The first-order chi connectivity index (χ1) is 17.4. The third-order valence-electron chi connectivity index (χ3n) is 7.24. The summed E-state index contributed by atoms with van der Waals surface area (Å²) in [6.45, 7) is 8.62. The van der Waals surface area contributed by atoms with E-state index in [0.29, 0.717) is 18.1 Å². The van der Waals surface area contributed by atoms with Crippen molar-refractivity contribution in [3.8, 4) is 17.2 Å². The van der Waals surface area contributed by atoms with Gasteiger partial charge in [-0.3, -0.25) is 14.6 Å². The molecule has 2 aromatic carbocycles. The Balaban J connectivity index is 1.41. The van der Waals surface area contributed by atoms with Crippen LogP contribution < -0.4 is 19.5 Å². The quantitative estimate of drug-likeness (QED) is 0.398. The van der Waals surface area contributed by atoms with E-state index >= 15 is 0 Å². The minimum atomic E-state index is -0.930. The lowest BCUT2D eigenvalue weighted by molar-refractivity contribution is -0.133. The molecule has 2 aliphatic rings. The summed E-state index contributed by atoms with van der Waals surface area (Å²) in [6, 6.07) is 13.1. The van der Waals surface area contributed by atoms with E-state index in [1.54, 1.807) is 26.4 Å². The van der Waals surface area contributed by atoms with E-state index in [1.807, 2.05) is 37.3 Å². The van der Waals surface area contributed by atoms with E-state index in [2.05, 4.69) is 22.9 Å². The van der Waals surface area contributed by atoms with Crippen molar-refractivity contribution in [1.29, 1.82) is 0 Å². The van der Waals surface area contributed by atoms with E-state index in [4.69, 9.17) is 14.2 Å². The number of likely N-dealkylation sites (tertiary alicyclic amines) is 1. The molecule has 2 aliphatic heterocycles. The number of para-hydroxylation sites is 2.